The van der Waals surface area contributed by atoms with Crippen LogP contribution in [0, 0.1) is 11.7 Å². The molecule has 3 nitrogen and oxygen atoms in total. The highest BCUT2D eigenvalue weighted by Crippen LogP contribution is 2.36. The highest BCUT2D eigenvalue weighted by atomic mass is 19.1. The molecule has 4 heteroatoms. The Bertz CT molecular complexity index is 419. The Hall–Kier alpha value is -1.42. The van der Waals surface area contributed by atoms with Crippen molar-refractivity contribution in [3.63, 3.8) is 0 Å². The minimum absolute atomic E-state index is 0.310. The number of ether oxygens (including phenoxy) is 1. The molecule has 2 unspecified atom stereocenters. The molecule has 0 aromatic heterocycles. The van der Waals surface area contributed by atoms with E-state index in [0.717, 1.165) is 0 Å². The second-order valence-electron chi connectivity index (χ2n) is 4.27. The number of hydrogen-bond donors (Lipinski definition) is 1. The first-order valence-corrected chi connectivity index (χ1v) is 6.05. The largest absolute Gasteiger partial charge is 0.469 e. The first-order valence-electron chi connectivity index (χ1n) is 6.05. The second kappa shape index (κ2) is 5.96. The monoisotopic (exact) mass is 254 g/mol. The van der Waals surface area contributed by atoms with E-state index in [4.69, 9.17) is 4.74 Å². The smallest absolute Gasteiger partial charge is 0.311 e. The summed E-state index contributed by atoms with van der Waals surface area (Å²) >= 11 is 0. The van der Waals surface area contributed by atoms with Crippen molar-refractivity contribution < 1.29 is 19.0 Å². The zero-order chi connectivity index (χ0) is 13.8. The van der Waals surface area contributed by atoms with Crippen LogP contribution in [0.5, 0.6) is 0 Å². The third-order valence-electron chi connectivity index (χ3n) is 3.33. The number of carbonyl (C=O) groups is 1. The number of hydrogen-bond acceptors (Lipinski definition) is 3. The van der Waals surface area contributed by atoms with E-state index in [1.165, 1.54) is 25.3 Å². The summed E-state index contributed by atoms with van der Waals surface area (Å²) in [6.45, 7) is 3.55. The van der Waals surface area contributed by atoms with Crippen LogP contribution in [0.15, 0.2) is 24.3 Å². The molecule has 0 spiro atoms. The lowest BCUT2D eigenvalue weighted by Crippen LogP contribution is -2.39. The Morgan fingerprint density at radius 2 is 2.17 bits per heavy atom. The van der Waals surface area contributed by atoms with Gasteiger partial charge < -0.3 is 9.84 Å². The van der Waals surface area contributed by atoms with E-state index < -0.39 is 23.3 Å². The molecule has 0 aliphatic heterocycles. The third kappa shape index (κ3) is 2.70. The summed E-state index contributed by atoms with van der Waals surface area (Å²) in [5, 5.41) is 10.7. The Morgan fingerprint density at radius 3 is 2.61 bits per heavy atom. The first kappa shape index (κ1) is 14.6. The maximum atomic E-state index is 13.3. The van der Waals surface area contributed by atoms with Crippen LogP contribution in [-0.4, -0.2) is 18.2 Å². The van der Waals surface area contributed by atoms with Gasteiger partial charge in [0, 0.05) is 0 Å². The Balaban J connectivity index is 3.22. The van der Waals surface area contributed by atoms with Gasteiger partial charge in [0.2, 0.25) is 0 Å². The van der Waals surface area contributed by atoms with Crippen molar-refractivity contribution in [1.29, 1.82) is 0 Å². The number of esters is 1. The fraction of sp³-hybridized carbons (Fsp3) is 0.500. The van der Waals surface area contributed by atoms with Gasteiger partial charge in [0.1, 0.15) is 11.4 Å². The zero-order valence-electron chi connectivity index (χ0n) is 10.9. The standard InChI is InChI=1S/C14H19FO3/c1-4-12(13(16)18-3)14(17,5-2)10-7-6-8-11(15)9-10/h6-9,12,17H,4-5H2,1-3H3. The molecule has 1 rings (SSSR count). The van der Waals surface area contributed by atoms with Crippen LogP contribution in [0.4, 0.5) is 4.39 Å². The molecular weight excluding hydrogens is 235 g/mol. The molecule has 0 radical (unpaired) electrons. The van der Waals surface area contributed by atoms with Crippen molar-refractivity contribution in [3.8, 4) is 0 Å². The molecule has 0 heterocycles. The minimum Gasteiger partial charge on any atom is -0.469 e. The van der Waals surface area contributed by atoms with Crippen LogP contribution < -0.4 is 0 Å². The van der Waals surface area contributed by atoms with Crippen LogP contribution >= 0.6 is 0 Å². The molecule has 2 atom stereocenters. The minimum atomic E-state index is -1.40. The number of aliphatic hydroxyl groups is 1. The summed E-state index contributed by atoms with van der Waals surface area (Å²) in [4.78, 5) is 11.7. The molecule has 100 valence electrons. The molecule has 0 aliphatic rings. The summed E-state index contributed by atoms with van der Waals surface area (Å²) in [5.41, 5.74) is -0.994. The van der Waals surface area contributed by atoms with E-state index in [2.05, 4.69) is 0 Å². The van der Waals surface area contributed by atoms with Gasteiger partial charge in [-0.2, -0.15) is 0 Å². The predicted octanol–water partition coefficient (Wildman–Crippen LogP) is 2.62. The van der Waals surface area contributed by atoms with Crippen molar-refractivity contribution in [2.45, 2.75) is 32.3 Å². The van der Waals surface area contributed by atoms with Gasteiger partial charge in [-0.15, -0.1) is 0 Å². The Kier molecular flexibility index (Phi) is 4.84. The summed E-state index contributed by atoms with van der Waals surface area (Å²) in [5.74, 6) is -1.61. The Morgan fingerprint density at radius 1 is 1.50 bits per heavy atom. The highest BCUT2D eigenvalue weighted by Gasteiger charge is 2.41. The first-order chi connectivity index (χ1) is 8.49. The maximum absolute atomic E-state index is 13.3. The topological polar surface area (TPSA) is 46.5 Å². The van der Waals surface area contributed by atoms with E-state index >= 15 is 0 Å². The van der Waals surface area contributed by atoms with Gasteiger partial charge in [0.25, 0.3) is 0 Å². The SMILES string of the molecule is CCC(C(=O)OC)C(O)(CC)c1cccc(F)c1. The third-order valence-corrected chi connectivity index (χ3v) is 3.33. The van der Waals surface area contributed by atoms with Gasteiger partial charge in [-0.05, 0) is 30.5 Å². The molecular formula is C14H19FO3. The molecule has 0 saturated heterocycles. The predicted molar refractivity (Wildman–Crippen MR) is 66.4 cm³/mol. The van der Waals surface area contributed by atoms with Crippen LogP contribution in [-0.2, 0) is 15.1 Å². The van der Waals surface area contributed by atoms with Gasteiger partial charge >= 0.3 is 5.97 Å². The lowest BCUT2D eigenvalue weighted by atomic mass is 9.78. The van der Waals surface area contributed by atoms with Gasteiger partial charge in [-0.3, -0.25) is 4.79 Å². The number of rotatable bonds is 5. The highest BCUT2D eigenvalue weighted by molar-refractivity contribution is 5.74. The van der Waals surface area contributed by atoms with E-state index in [9.17, 15) is 14.3 Å². The van der Waals surface area contributed by atoms with Gasteiger partial charge in [0.05, 0.1) is 13.0 Å². The molecule has 0 fully saturated rings. The normalized spacial score (nSPS) is 15.8. The maximum Gasteiger partial charge on any atom is 0.311 e. The van der Waals surface area contributed by atoms with Crippen molar-refractivity contribution >= 4 is 5.97 Å². The number of halogens is 1. The Labute approximate surface area is 107 Å². The van der Waals surface area contributed by atoms with Crippen LogP contribution in [0.25, 0.3) is 0 Å². The molecule has 1 aromatic rings. The lowest BCUT2D eigenvalue weighted by molar-refractivity contribution is -0.157. The summed E-state index contributed by atoms with van der Waals surface area (Å²) in [6.07, 6.45) is 0.734. The zero-order valence-corrected chi connectivity index (χ0v) is 10.9. The van der Waals surface area contributed by atoms with E-state index in [1.807, 2.05) is 0 Å². The summed E-state index contributed by atoms with van der Waals surface area (Å²) in [6, 6.07) is 5.71. The summed E-state index contributed by atoms with van der Waals surface area (Å²) in [7, 11) is 1.28. The van der Waals surface area contributed by atoms with Crippen molar-refractivity contribution in [1.82, 2.24) is 0 Å². The van der Waals surface area contributed by atoms with Crippen molar-refractivity contribution in [2.75, 3.05) is 7.11 Å². The fourth-order valence-corrected chi connectivity index (χ4v) is 2.25. The van der Waals surface area contributed by atoms with E-state index in [1.54, 1.807) is 19.9 Å². The molecule has 0 bridgehead atoms. The molecule has 18 heavy (non-hydrogen) atoms. The summed E-state index contributed by atoms with van der Waals surface area (Å²) < 4.78 is 18.0. The molecule has 0 aliphatic carbocycles. The number of carbonyl (C=O) groups excluding carboxylic acids is 1. The van der Waals surface area contributed by atoms with E-state index in [-0.39, 0.29) is 0 Å². The molecule has 1 N–H and O–H groups in total. The second-order valence-corrected chi connectivity index (χ2v) is 4.27. The molecule has 0 saturated carbocycles. The average Bonchev–Trinajstić information content (AvgIpc) is 2.38. The lowest BCUT2D eigenvalue weighted by Gasteiger charge is -2.33. The molecule has 1 aromatic carbocycles. The quantitative estimate of drug-likeness (QED) is 0.822. The van der Waals surface area contributed by atoms with Gasteiger partial charge in [0.15, 0.2) is 0 Å². The fourth-order valence-electron chi connectivity index (χ4n) is 2.25. The van der Waals surface area contributed by atoms with Crippen molar-refractivity contribution in [3.05, 3.63) is 35.6 Å². The van der Waals surface area contributed by atoms with Crippen molar-refractivity contribution in [2.24, 2.45) is 5.92 Å². The van der Waals surface area contributed by atoms with Gasteiger partial charge in [-0.1, -0.05) is 26.0 Å². The molecule has 0 amide bonds. The average molecular weight is 254 g/mol. The van der Waals surface area contributed by atoms with Gasteiger partial charge in [-0.25, -0.2) is 4.39 Å². The van der Waals surface area contributed by atoms with E-state index in [0.29, 0.717) is 18.4 Å². The van der Waals surface area contributed by atoms with Crippen LogP contribution in [0.3, 0.4) is 0 Å². The van der Waals surface area contributed by atoms with Crippen LogP contribution in [0.2, 0.25) is 0 Å². The number of methoxy groups -OCH3 is 1. The van der Waals surface area contributed by atoms with Crippen LogP contribution in [0.1, 0.15) is 32.3 Å². The number of benzene rings is 1.